The molecule has 4 rings (SSSR count). The molecule has 2 aromatic heterocycles. The molecule has 0 saturated carbocycles. The molecule has 1 aromatic carbocycles. The average molecular weight is 438 g/mol. The third-order valence-corrected chi connectivity index (χ3v) is 6.73. The predicted octanol–water partition coefficient (Wildman–Crippen LogP) is 2.99. The molecule has 0 atom stereocenters. The number of carbonyl (C=O) groups excluding carboxylic acids is 2. The van der Waals surface area contributed by atoms with Crippen LogP contribution < -0.4 is 15.8 Å². The Hall–Kier alpha value is -3.33. The van der Waals surface area contributed by atoms with E-state index in [1.807, 2.05) is 26.0 Å². The van der Waals surface area contributed by atoms with Gasteiger partial charge in [0.15, 0.2) is 0 Å². The molecule has 0 radical (unpaired) electrons. The summed E-state index contributed by atoms with van der Waals surface area (Å²) in [6, 6.07) is 5.55. The van der Waals surface area contributed by atoms with E-state index < -0.39 is 0 Å². The van der Waals surface area contributed by atoms with E-state index in [9.17, 15) is 14.4 Å². The van der Waals surface area contributed by atoms with Gasteiger partial charge in [0.1, 0.15) is 9.88 Å². The standard InChI is InChI=1S/C22H23N5O3S/c1-11-12(2)25-26(5)22(30)18(11)21-23-13(3)19(31-21)20(29)24-16-6-7-17-15(10-16)8-9-27(17)14(4)28/h6-7,10H,8-9H2,1-5H3,(H,24,29). The number of benzene rings is 1. The molecule has 2 amide bonds. The van der Waals surface area contributed by atoms with Crippen LogP contribution >= 0.6 is 11.3 Å². The van der Waals surface area contributed by atoms with Crippen LogP contribution in [0, 0.1) is 20.8 Å². The number of nitrogens with zero attached hydrogens (tertiary/aromatic N) is 4. The van der Waals surface area contributed by atoms with Crippen LogP contribution in [0.3, 0.4) is 0 Å². The molecule has 160 valence electrons. The number of aromatic nitrogens is 3. The third-order valence-electron chi connectivity index (χ3n) is 5.56. The molecule has 3 heterocycles. The quantitative estimate of drug-likeness (QED) is 0.679. The van der Waals surface area contributed by atoms with Crippen LogP contribution in [0.2, 0.25) is 0 Å². The molecule has 3 aromatic rings. The van der Waals surface area contributed by atoms with Crippen LogP contribution in [0.25, 0.3) is 10.6 Å². The zero-order chi connectivity index (χ0) is 22.4. The Morgan fingerprint density at radius 1 is 1.16 bits per heavy atom. The lowest BCUT2D eigenvalue weighted by Crippen LogP contribution is -2.25. The maximum absolute atomic E-state index is 13.0. The highest BCUT2D eigenvalue weighted by Crippen LogP contribution is 2.32. The topological polar surface area (TPSA) is 97.2 Å². The van der Waals surface area contributed by atoms with Crippen LogP contribution in [0.5, 0.6) is 0 Å². The molecule has 0 saturated heterocycles. The first-order valence-electron chi connectivity index (χ1n) is 9.92. The maximum Gasteiger partial charge on any atom is 0.277 e. The van der Waals surface area contributed by atoms with Crippen LogP contribution in [0.1, 0.15) is 39.1 Å². The van der Waals surface area contributed by atoms with E-state index >= 15 is 0 Å². The zero-order valence-electron chi connectivity index (χ0n) is 18.1. The molecule has 1 aliphatic rings. The first-order chi connectivity index (χ1) is 14.7. The molecule has 0 aliphatic carbocycles. The second-order valence-corrected chi connectivity index (χ2v) is 8.67. The van der Waals surface area contributed by atoms with Crippen LogP contribution in [-0.2, 0) is 18.3 Å². The van der Waals surface area contributed by atoms with E-state index in [1.165, 1.54) is 16.0 Å². The van der Waals surface area contributed by atoms with Crippen molar-refractivity contribution >= 4 is 34.5 Å². The van der Waals surface area contributed by atoms with E-state index in [4.69, 9.17) is 0 Å². The first-order valence-corrected chi connectivity index (χ1v) is 10.7. The smallest absolute Gasteiger partial charge is 0.277 e. The van der Waals surface area contributed by atoms with Crippen LogP contribution in [0.15, 0.2) is 23.0 Å². The number of carbonyl (C=O) groups is 2. The van der Waals surface area contributed by atoms with Gasteiger partial charge in [0.2, 0.25) is 5.91 Å². The summed E-state index contributed by atoms with van der Waals surface area (Å²) in [5.74, 6) is -0.265. The van der Waals surface area contributed by atoms with Crippen LogP contribution in [0.4, 0.5) is 11.4 Å². The minimum Gasteiger partial charge on any atom is -0.321 e. The molecule has 0 fully saturated rings. The zero-order valence-corrected chi connectivity index (χ0v) is 18.9. The van der Waals surface area contributed by atoms with Crippen molar-refractivity contribution in [3.63, 3.8) is 0 Å². The number of amides is 2. The number of thiazole rings is 1. The van der Waals surface area contributed by atoms with Gasteiger partial charge in [0.05, 0.1) is 17.0 Å². The van der Waals surface area contributed by atoms with Gasteiger partial charge in [0, 0.05) is 31.9 Å². The van der Waals surface area contributed by atoms with E-state index in [1.54, 1.807) is 31.9 Å². The van der Waals surface area contributed by atoms with Crippen molar-refractivity contribution in [2.45, 2.75) is 34.1 Å². The first kappa shape index (κ1) is 20.9. The Bertz CT molecular complexity index is 1290. The van der Waals surface area contributed by atoms with Crippen molar-refractivity contribution in [3.8, 4) is 10.6 Å². The SMILES string of the molecule is CC(=O)N1CCc2cc(NC(=O)c3sc(-c4c(C)c(C)nn(C)c4=O)nc3C)ccc21. The molecule has 9 heteroatoms. The summed E-state index contributed by atoms with van der Waals surface area (Å²) in [6.45, 7) is 7.64. The summed E-state index contributed by atoms with van der Waals surface area (Å²) < 4.78 is 1.29. The number of anilines is 2. The van der Waals surface area contributed by atoms with Gasteiger partial charge >= 0.3 is 0 Å². The van der Waals surface area contributed by atoms with Gasteiger partial charge in [-0.3, -0.25) is 14.4 Å². The number of nitrogens with one attached hydrogen (secondary N) is 1. The number of hydrogen-bond donors (Lipinski definition) is 1. The monoisotopic (exact) mass is 437 g/mol. The van der Waals surface area contributed by atoms with Gasteiger partial charge in [-0.25, -0.2) is 9.67 Å². The lowest BCUT2D eigenvalue weighted by atomic mass is 10.1. The molecule has 1 aliphatic heterocycles. The number of fused-ring (bicyclic) bond motifs is 1. The third kappa shape index (κ3) is 3.65. The lowest BCUT2D eigenvalue weighted by Gasteiger charge is -2.15. The summed E-state index contributed by atoms with van der Waals surface area (Å²) in [4.78, 5) is 44.0. The fourth-order valence-corrected chi connectivity index (χ4v) is 4.86. The maximum atomic E-state index is 13.0. The fraction of sp³-hybridized carbons (Fsp3) is 0.318. The van der Waals surface area contributed by atoms with Crippen molar-refractivity contribution in [1.29, 1.82) is 0 Å². The summed E-state index contributed by atoms with van der Waals surface area (Å²) in [7, 11) is 1.60. The minimum absolute atomic E-state index is 0.0103. The molecule has 1 N–H and O–H groups in total. The van der Waals surface area contributed by atoms with Gasteiger partial charge in [-0.15, -0.1) is 11.3 Å². The molecular formula is C22H23N5O3S. The highest BCUT2D eigenvalue weighted by molar-refractivity contribution is 7.17. The molecule has 0 unspecified atom stereocenters. The van der Waals surface area contributed by atoms with E-state index in [-0.39, 0.29) is 17.4 Å². The predicted molar refractivity (Wildman–Crippen MR) is 121 cm³/mol. The number of rotatable bonds is 3. The molecule has 0 spiro atoms. The summed E-state index contributed by atoms with van der Waals surface area (Å²) in [6.07, 6.45) is 0.756. The van der Waals surface area contributed by atoms with Gasteiger partial charge in [0.25, 0.3) is 11.5 Å². The summed E-state index contributed by atoms with van der Waals surface area (Å²) in [5, 5.41) is 7.63. The molecule has 0 bridgehead atoms. The average Bonchev–Trinajstić information content (AvgIpc) is 3.30. The fourth-order valence-electron chi connectivity index (χ4n) is 3.81. The van der Waals surface area contributed by atoms with Crippen molar-refractivity contribution in [1.82, 2.24) is 14.8 Å². The normalized spacial score (nSPS) is 12.7. The van der Waals surface area contributed by atoms with Gasteiger partial charge in [-0.1, -0.05) is 0 Å². The van der Waals surface area contributed by atoms with Crippen molar-refractivity contribution < 1.29 is 9.59 Å². The van der Waals surface area contributed by atoms with Gasteiger partial charge in [-0.05, 0) is 56.5 Å². The second-order valence-electron chi connectivity index (χ2n) is 7.67. The number of aryl methyl sites for hydroxylation is 3. The Morgan fingerprint density at radius 3 is 2.61 bits per heavy atom. The summed E-state index contributed by atoms with van der Waals surface area (Å²) >= 11 is 1.20. The number of hydrogen-bond acceptors (Lipinski definition) is 6. The lowest BCUT2D eigenvalue weighted by molar-refractivity contribution is -0.116. The van der Waals surface area contributed by atoms with E-state index in [0.29, 0.717) is 33.4 Å². The Kier molecular flexibility index (Phi) is 5.22. The van der Waals surface area contributed by atoms with Crippen molar-refractivity contribution in [2.24, 2.45) is 7.05 Å². The highest BCUT2D eigenvalue weighted by atomic mass is 32.1. The highest BCUT2D eigenvalue weighted by Gasteiger charge is 2.24. The van der Waals surface area contributed by atoms with E-state index in [2.05, 4.69) is 15.4 Å². The van der Waals surface area contributed by atoms with Crippen molar-refractivity contribution in [2.75, 3.05) is 16.8 Å². The van der Waals surface area contributed by atoms with E-state index in [0.717, 1.165) is 28.9 Å². The molecule has 31 heavy (non-hydrogen) atoms. The van der Waals surface area contributed by atoms with Crippen LogP contribution in [-0.4, -0.2) is 33.1 Å². The van der Waals surface area contributed by atoms with Gasteiger partial charge in [-0.2, -0.15) is 5.10 Å². The Morgan fingerprint density at radius 2 is 1.90 bits per heavy atom. The van der Waals surface area contributed by atoms with Gasteiger partial charge < -0.3 is 10.2 Å². The molecule has 8 nitrogen and oxygen atoms in total. The Labute approximate surface area is 183 Å². The second kappa shape index (κ2) is 7.73. The van der Waals surface area contributed by atoms with Crippen molar-refractivity contribution in [3.05, 3.63) is 55.9 Å². The Balaban J connectivity index is 1.63. The largest absolute Gasteiger partial charge is 0.321 e. The molecular weight excluding hydrogens is 414 g/mol. The minimum atomic E-state index is -0.275. The summed E-state index contributed by atoms with van der Waals surface area (Å²) in [5.41, 5.74) is 4.89.